The zero-order valence-corrected chi connectivity index (χ0v) is 10.7. The maximum atomic E-state index is 11.3. The van der Waals surface area contributed by atoms with Crippen LogP contribution in [0.15, 0.2) is 24.3 Å². The van der Waals surface area contributed by atoms with E-state index in [9.17, 15) is 4.79 Å². The molecule has 0 aliphatic heterocycles. The van der Waals surface area contributed by atoms with Crippen LogP contribution in [0, 0.1) is 6.07 Å². The Kier molecular flexibility index (Phi) is 8.17. The summed E-state index contributed by atoms with van der Waals surface area (Å²) in [6, 6.07) is 9.77. The molecule has 0 heterocycles. The van der Waals surface area contributed by atoms with Crippen LogP contribution in [-0.2, 0) is 4.74 Å². The average Bonchev–Trinajstić information content (AvgIpc) is 2.44. The summed E-state index contributed by atoms with van der Waals surface area (Å²) in [5.41, 5.74) is 0. The molecule has 0 saturated carbocycles. The molecule has 0 fully saturated rings. The van der Waals surface area contributed by atoms with Crippen LogP contribution in [0.4, 0.5) is 4.79 Å². The van der Waals surface area contributed by atoms with Crippen LogP contribution in [0.2, 0.25) is 0 Å². The molecule has 0 aliphatic rings. The molecule has 0 atom stereocenters. The predicted octanol–water partition coefficient (Wildman–Crippen LogP) is 0.174. The summed E-state index contributed by atoms with van der Waals surface area (Å²) < 4.78 is 10.4. The smallest absolute Gasteiger partial charge is 0.314 e. The lowest BCUT2D eigenvalue weighted by Crippen LogP contribution is -2.39. The zero-order chi connectivity index (χ0) is 13.8. The van der Waals surface area contributed by atoms with Gasteiger partial charge in [-0.15, -0.1) is 0 Å². The number of aliphatic hydroxyl groups is 1. The van der Waals surface area contributed by atoms with Gasteiger partial charge in [-0.3, -0.25) is 0 Å². The summed E-state index contributed by atoms with van der Waals surface area (Å²) in [6.45, 7) is 1.87. The first-order valence-corrected chi connectivity index (χ1v) is 6.12. The number of ether oxygens (including phenoxy) is 2. The number of hydrogen-bond donors (Lipinski definition) is 3. The highest BCUT2D eigenvalue weighted by Gasteiger charge is 1.98. The summed E-state index contributed by atoms with van der Waals surface area (Å²) in [5.74, 6) is 0.748. The number of benzene rings is 1. The molecule has 1 radical (unpaired) electrons. The SMILES string of the molecule is O=C(NCCOCCO)NCCOc1cc[c]cc1. The van der Waals surface area contributed by atoms with Crippen LogP contribution >= 0.6 is 0 Å². The number of hydrogen-bond acceptors (Lipinski definition) is 4. The summed E-state index contributed by atoms with van der Waals surface area (Å²) in [5, 5.41) is 13.8. The normalized spacial score (nSPS) is 9.95. The Morgan fingerprint density at radius 2 is 1.84 bits per heavy atom. The second-order valence-corrected chi connectivity index (χ2v) is 3.60. The van der Waals surface area contributed by atoms with E-state index < -0.39 is 0 Å². The summed E-state index contributed by atoms with van der Waals surface area (Å²) in [4.78, 5) is 11.3. The fourth-order valence-corrected chi connectivity index (χ4v) is 1.27. The van der Waals surface area contributed by atoms with Crippen molar-refractivity contribution in [3.63, 3.8) is 0 Å². The van der Waals surface area contributed by atoms with E-state index in [2.05, 4.69) is 16.7 Å². The third-order valence-corrected chi connectivity index (χ3v) is 2.11. The van der Waals surface area contributed by atoms with Crippen molar-refractivity contribution >= 4 is 6.03 Å². The highest BCUT2D eigenvalue weighted by atomic mass is 16.5. The van der Waals surface area contributed by atoms with E-state index in [0.717, 1.165) is 5.75 Å². The maximum absolute atomic E-state index is 11.3. The van der Waals surface area contributed by atoms with Crippen molar-refractivity contribution in [2.45, 2.75) is 0 Å². The molecule has 6 nitrogen and oxygen atoms in total. The van der Waals surface area contributed by atoms with E-state index in [-0.39, 0.29) is 19.2 Å². The third kappa shape index (κ3) is 8.01. The number of aliphatic hydroxyl groups excluding tert-OH is 1. The van der Waals surface area contributed by atoms with E-state index in [1.165, 1.54) is 0 Å². The average molecular weight is 267 g/mol. The van der Waals surface area contributed by atoms with Crippen molar-refractivity contribution < 1.29 is 19.4 Å². The Morgan fingerprint density at radius 1 is 1.16 bits per heavy atom. The minimum absolute atomic E-state index is 0.0131. The quantitative estimate of drug-likeness (QED) is 0.557. The van der Waals surface area contributed by atoms with Crippen molar-refractivity contribution in [3.8, 4) is 5.75 Å². The zero-order valence-electron chi connectivity index (χ0n) is 10.7. The fourth-order valence-electron chi connectivity index (χ4n) is 1.27. The number of carbonyl (C=O) groups excluding carboxylic acids is 1. The van der Waals surface area contributed by atoms with Gasteiger partial charge < -0.3 is 25.2 Å². The molecule has 6 heteroatoms. The first-order valence-electron chi connectivity index (χ1n) is 6.12. The number of amides is 2. The molecule has 1 aromatic carbocycles. The molecule has 1 rings (SSSR count). The summed E-state index contributed by atoms with van der Waals surface area (Å²) in [6.07, 6.45) is 0. The van der Waals surface area contributed by atoms with Gasteiger partial charge in [-0.25, -0.2) is 4.79 Å². The topological polar surface area (TPSA) is 79.8 Å². The first kappa shape index (κ1) is 15.3. The van der Waals surface area contributed by atoms with Gasteiger partial charge in [0, 0.05) is 6.54 Å². The Morgan fingerprint density at radius 3 is 2.53 bits per heavy atom. The molecule has 0 aliphatic carbocycles. The highest BCUT2D eigenvalue weighted by molar-refractivity contribution is 5.73. The van der Waals surface area contributed by atoms with Crippen LogP contribution < -0.4 is 15.4 Å². The molecular weight excluding hydrogens is 248 g/mol. The maximum Gasteiger partial charge on any atom is 0.314 e. The van der Waals surface area contributed by atoms with Crippen molar-refractivity contribution in [1.29, 1.82) is 0 Å². The van der Waals surface area contributed by atoms with Gasteiger partial charge in [0.2, 0.25) is 0 Å². The Hall–Kier alpha value is -1.79. The van der Waals surface area contributed by atoms with Crippen LogP contribution in [0.5, 0.6) is 5.75 Å². The standard InChI is InChI=1S/C13H19N2O4/c16-8-11-18-9-6-14-13(17)15-7-10-19-12-4-2-1-3-5-12/h2-5,16H,6-11H2,(H2,14,15,17). The van der Waals surface area contributed by atoms with Crippen LogP contribution in [0.1, 0.15) is 0 Å². The highest BCUT2D eigenvalue weighted by Crippen LogP contribution is 2.06. The molecule has 1 aromatic rings. The van der Waals surface area contributed by atoms with Gasteiger partial charge in [0.15, 0.2) is 0 Å². The third-order valence-electron chi connectivity index (χ3n) is 2.11. The van der Waals surface area contributed by atoms with E-state index in [0.29, 0.717) is 26.3 Å². The van der Waals surface area contributed by atoms with Crippen molar-refractivity contribution in [2.24, 2.45) is 0 Å². The molecule has 0 saturated heterocycles. The Bertz CT molecular complexity index is 346. The van der Waals surface area contributed by atoms with Crippen LogP contribution in [0.3, 0.4) is 0 Å². The van der Waals surface area contributed by atoms with Gasteiger partial charge in [0.1, 0.15) is 12.4 Å². The van der Waals surface area contributed by atoms with Crippen LogP contribution in [-0.4, -0.2) is 50.7 Å². The van der Waals surface area contributed by atoms with Gasteiger partial charge in [-0.2, -0.15) is 0 Å². The Labute approximate surface area is 112 Å². The van der Waals surface area contributed by atoms with Gasteiger partial charge >= 0.3 is 6.03 Å². The number of urea groups is 1. The lowest BCUT2D eigenvalue weighted by atomic mass is 10.3. The Balaban J connectivity index is 1.95. The van der Waals surface area contributed by atoms with Crippen LogP contribution in [0.25, 0.3) is 0 Å². The fraction of sp³-hybridized carbons (Fsp3) is 0.462. The molecule has 0 bridgehead atoms. The van der Waals surface area contributed by atoms with Crippen molar-refractivity contribution in [3.05, 3.63) is 30.3 Å². The van der Waals surface area contributed by atoms with Gasteiger partial charge in [0.05, 0.1) is 26.4 Å². The number of carbonyl (C=O) groups is 1. The molecule has 0 aromatic heterocycles. The van der Waals surface area contributed by atoms with E-state index >= 15 is 0 Å². The molecule has 105 valence electrons. The van der Waals surface area contributed by atoms with E-state index in [1.807, 2.05) is 0 Å². The molecule has 0 unspecified atom stereocenters. The van der Waals surface area contributed by atoms with E-state index in [4.69, 9.17) is 14.6 Å². The number of rotatable bonds is 9. The van der Waals surface area contributed by atoms with Crippen molar-refractivity contribution in [2.75, 3.05) is 39.5 Å². The minimum atomic E-state index is -0.266. The molecule has 19 heavy (non-hydrogen) atoms. The first-order chi connectivity index (χ1) is 9.33. The number of nitrogens with one attached hydrogen (secondary N) is 2. The lowest BCUT2D eigenvalue weighted by Gasteiger charge is -2.09. The molecular formula is C13H19N2O4. The van der Waals surface area contributed by atoms with Gasteiger partial charge in [-0.05, 0) is 18.2 Å². The molecule has 0 spiro atoms. The van der Waals surface area contributed by atoms with E-state index in [1.54, 1.807) is 24.3 Å². The molecule has 3 N–H and O–H groups in total. The predicted molar refractivity (Wildman–Crippen MR) is 70.1 cm³/mol. The second kappa shape index (κ2) is 10.2. The monoisotopic (exact) mass is 267 g/mol. The largest absolute Gasteiger partial charge is 0.492 e. The van der Waals surface area contributed by atoms with Crippen molar-refractivity contribution in [1.82, 2.24) is 10.6 Å². The second-order valence-electron chi connectivity index (χ2n) is 3.60. The van der Waals surface area contributed by atoms with Gasteiger partial charge in [-0.1, -0.05) is 12.1 Å². The lowest BCUT2D eigenvalue weighted by molar-refractivity contribution is 0.0947. The summed E-state index contributed by atoms with van der Waals surface area (Å²) >= 11 is 0. The van der Waals surface area contributed by atoms with Gasteiger partial charge in [0.25, 0.3) is 0 Å². The molecule has 2 amide bonds. The minimum Gasteiger partial charge on any atom is -0.492 e. The summed E-state index contributed by atoms with van der Waals surface area (Å²) in [7, 11) is 0.